The molecule has 114 valence electrons. The van der Waals surface area contributed by atoms with Gasteiger partial charge in [0.2, 0.25) is 12.7 Å². The Kier molecular flexibility index (Phi) is 4.11. The van der Waals surface area contributed by atoms with Gasteiger partial charge in [-0.1, -0.05) is 6.07 Å². The molecule has 1 aliphatic heterocycles. The van der Waals surface area contributed by atoms with Crippen LogP contribution in [0.25, 0.3) is 0 Å². The van der Waals surface area contributed by atoms with E-state index < -0.39 is 0 Å². The quantitative estimate of drug-likeness (QED) is 0.860. The van der Waals surface area contributed by atoms with Crippen molar-refractivity contribution in [2.24, 2.45) is 0 Å². The molecule has 0 spiro atoms. The summed E-state index contributed by atoms with van der Waals surface area (Å²) >= 11 is 1.62. The molecule has 1 N–H and O–H groups in total. The largest absolute Gasteiger partial charge is 0.454 e. The summed E-state index contributed by atoms with van der Waals surface area (Å²) in [5.74, 6) is 0.807. The summed E-state index contributed by atoms with van der Waals surface area (Å²) in [4.78, 5) is 25.0. The lowest BCUT2D eigenvalue weighted by Crippen LogP contribution is -2.14. The van der Waals surface area contributed by atoms with Crippen LogP contribution in [0.3, 0.4) is 0 Å². The van der Waals surface area contributed by atoms with Crippen LogP contribution in [-0.2, 0) is 11.2 Å². The second-order valence-corrected chi connectivity index (χ2v) is 5.97. The van der Waals surface area contributed by atoms with Gasteiger partial charge in [0.15, 0.2) is 17.3 Å². The number of fused-ring (bicyclic) bond motifs is 1. The minimum atomic E-state index is -0.133. The molecular formula is C16H15NO4S. The highest BCUT2D eigenvalue weighted by Gasteiger charge is 2.20. The van der Waals surface area contributed by atoms with Gasteiger partial charge in [0.1, 0.15) is 0 Å². The molecule has 2 aromatic rings. The van der Waals surface area contributed by atoms with Crippen LogP contribution >= 0.6 is 11.3 Å². The van der Waals surface area contributed by atoms with Crippen LogP contribution in [-0.4, -0.2) is 18.5 Å². The van der Waals surface area contributed by atoms with Gasteiger partial charge in [-0.3, -0.25) is 9.59 Å². The number of amides is 1. The van der Waals surface area contributed by atoms with Gasteiger partial charge >= 0.3 is 0 Å². The van der Waals surface area contributed by atoms with Crippen LogP contribution in [0, 0.1) is 0 Å². The Balaban J connectivity index is 1.73. The maximum absolute atomic E-state index is 12.1. The number of Topliss-reactive ketones (excluding diaryl/α,β-unsaturated/α-hetero) is 1. The third-order valence-corrected chi connectivity index (χ3v) is 4.28. The van der Waals surface area contributed by atoms with Gasteiger partial charge < -0.3 is 14.8 Å². The third-order valence-electron chi connectivity index (χ3n) is 3.34. The van der Waals surface area contributed by atoms with Crippen LogP contribution in [0.1, 0.15) is 28.6 Å². The summed E-state index contributed by atoms with van der Waals surface area (Å²) < 4.78 is 10.6. The number of benzene rings is 1. The number of rotatable bonds is 5. The lowest BCUT2D eigenvalue weighted by Gasteiger charge is -2.10. The van der Waals surface area contributed by atoms with Crippen molar-refractivity contribution in [2.75, 3.05) is 12.1 Å². The van der Waals surface area contributed by atoms with E-state index in [-0.39, 0.29) is 18.5 Å². The van der Waals surface area contributed by atoms with Crippen LogP contribution in [0.4, 0.5) is 5.69 Å². The summed E-state index contributed by atoms with van der Waals surface area (Å²) in [7, 11) is 0. The number of ether oxygens (including phenoxy) is 2. The summed E-state index contributed by atoms with van der Waals surface area (Å²) in [6.07, 6.45) is 1.05. The molecule has 0 saturated heterocycles. The highest BCUT2D eigenvalue weighted by Crippen LogP contribution is 2.37. The maximum atomic E-state index is 12.1. The average Bonchev–Trinajstić information content (AvgIpc) is 3.15. The van der Waals surface area contributed by atoms with E-state index in [1.807, 2.05) is 17.5 Å². The molecule has 1 aliphatic rings. The Labute approximate surface area is 131 Å². The fourth-order valence-corrected chi connectivity index (χ4v) is 2.95. The fraction of sp³-hybridized carbons (Fsp3) is 0.250. The molecular weight excluding hydrogens is 302 g/mol. The van der Waals surface area contributed by atoms with Crippen LogP contribution < -0.4 is 14.8 Å². The van der Waals surface area contributed by atoms with E-state index in [2.05, 4.69) is 5.32 Å². The van der Waals surface area contributed by atoms with Gasteiger partial charge in [0.05, 0.1) is 5.69 Å². The van der Waals surface area contributed by atoms with Crippen molar-refractivity contribution < 1.29 is 19.1 Å². The van der Waals surface area contributed by atoms with Crippen molar-refractivity contribution in [3.05, 3.63) is 40.1 Å². The minimum absolute atomic E-state index is 0.127. The number of carbonyl (C=O) groups excluding carboxylic acids is 2. The third kappa shape index (κ3) is 3.12. The zero-order valence-corrected chi connectivity index (χ0v) is 12.9. The first-order valence-corrected chi connectivity index (χ1v) is 7.78. The van der Waals surface area contributed by atoms with E-state index in [0.717, 1.165) is 4.88 Å². The average molecular weight is 317 g/mol. The number of aryl methyl sites for hydroxylation is 1. The standard InChI is InChI=1S/C16H15NO4S/c1-10(18)12-7-14-15(21-9-20-14)8-13(12)17-16(19)5-4-11-3-2-6-22-11/h2-3,6-8H,4-5,9H2,1H3,(H,17,19). The molecule has 0 saturated carbocycles. The van der Waals surface area contributed by atoms with Gasteiger partial charge in [-0.25, -0.2) is 0 Å². The Morgan fingerprint density at radius 1 is 1.27 bits per heavy atom. The number of anilines is 1. The van der Waals surface area contributed by atoms with Crippen molar-refractivity contribution in [1.82, 2.24) is 0 Å². The Hall–Kier alpha value is -2.34. The molecule has 6 heteroatoms. The van der Waals surface area contributed by atoms with Crippen molar-refractivity contribution in [2.45, 2.75) is 19.8 Å². The maximum Gasteiger partial charge on any atom is 0.231 e. The van der Waals surface area contributed by atoms with E-state index >= 15 is 0 Å². The lowest BCUT2D eigenvalue weighted by molar-refractivity contribution is -0.116. The first-order valence-electron chi connectivity index (χ1n) is 6.90. The van der Waals surface area contributed by atoms with Crippen molar-refractivity contribution in [3.8, 4) is 11.5 Å². The number of nitrogens with one attached hydrogen (secondary N) is 1. The van der Waals surface area contributed by atoms with Gasteiger partial charge in [0, 0.05) is 22.9 Å². The van der Waals surface area contributed by atoms with Crippen molar-refractivity contribution in [1.29, 1.82) is 0 Å². The van der Waals surface area contributed by atoms with Gasteiger partial charge in [-0.15, -0.1) is 11.3 Å². The second kappa shape index (κ2) is 6.19. The number of hydrogen-bond acceptors (Lipinski definition) is 5. The molecule has 0 atom stereocenters. The summed E-state index contributed by atoms with van der Waals surface area (Å²) in [6.45, 7) is 1.58. The summed E-state index contributed by atoms with van der Waals surface area (Å²) in [5, 5.41) is 4.78. The SMILES string of the molecule is CC(=O)c1cc2c(cc1NC(=O)CCc1cccs1)OCO2. The van der Waals surface area contributed by atoms with E-state index in [4.69, 9.17) is 9.47 Å². The molecule has 2 heterocycles. The van der Waals surface area contributed by atoms with E-state index in [0.29, 0.717) is 35.6 Å². The second-order valence-electron chi connectivity index (χ2n) is 4.93. The molecule has 1 amide bonds. The van der Waals surface area contributed by atoms with E-state index in [1.54, 1.807) is 23.5 Å². The topological polar surface area (TPSA) is 64.6 Å². The lowest BCUT2D eigenvalue weighted by atomic mass is 10.1. The van der Waals surface area contributed by atoms with E-state index in [1.165, 1.54) is 6.92 Å². The van der Waals surface area contributed by atoms with Crippen LogP contribution in [0.15, 0.2) is 29.6 Å². The molecule has 0 fully saturated rings. The van der Waals surface area contributed by atoms with E-state index in [9.17, 15) is 9.59 Å². The Bertz CT molecular complexity index is 709. The number of carbonyl (C=O) groups is 2. The predicted molar refractivity (Wildman–Crippen MR) is 83.8 cm³/mol. The molecule has 1 aromatic heterocycles. The normalized spacial score (nSPS) is 12.2. The monoisotopic (exact) mass is 317 g/mol. The molecule has 0 radical (unpaired) electrons. The molecule has 22 heavy (non-hydrogen) atoms. The van der Waals surface area contributed by atoms with Crippen molar-refractivity contribution >= 4 is 28.7 Å². The first kappa shape index (κ1) is 14.6. The highest BCUT2D eigenvalue weighted by atomic mass is 32.1. The minimum Gasteiger partial charge on any atom is -0.454 e. The molecule has 3 rings (SSSR count). The Morgan fingerprint density at radius 3 is 2.73 bits per heavy atom. The Morgan fingerprint density at radius 2 is 2.05 bits per heavy atom. The number of ketones is 1. The smallest absolute Gasteiger partial charge is 0.231 e. The molecule has 5 nitrogen and oxygen atoms in total. The predicted octanol–water partition coefficient (Wildman–Crippen LogP) is 3.25. The zero-order chi connectivity index (χ0) is 15.5. The summed E-state index contributed by atoms with van der Waals surface area (Å²) in [6, 6.07) is 7.21. The highest BCUT2D eigenvalue weighted by molar-refractivity contribution is 7.09. The summed E-state index contributed by atoms with van der Waals surface area (Å²) in [5.41, 5.74) is 0.890. The first-order chi connectivity index (χ1) is 10.6. The number of thiophene rings is 1. The van der Waals surface area contributed by atoms with Crippen molar-refractivity contribution in [3.63, 3.8) is 0 Å². The van der Waals surface area contributed by atoms with Crippen LogP contribution in [0.5, 0.6) is 11.5 Å². The van der Waals surface area contributed by atoms with Gasteiger partial charge in [0.25, 0.3) is 0 Å². The molecule has 0 aliphatic carbocycles. The number of hydrogen-bond donors (Lipinski definition) is 1. The fourth-order valence-electron chi connectivity index (χ4n) is 2.24. The zero-order valence-electron chi connectivity index (χ0n) is 12.0. The van der Waals surface area contributed by atoms with Crippen LogP contribution in [0.2, 0.25) is 0 Å². The molecule has 0 unspecified atom stereocenters. The van der Waals surface area contributed by atoms with Gasteiger partial charge in [-0.05, 0) is 30.9 Å². The van der Waals surface area contributed by atoms with Gasteiger partial charge in [-0.2, -0.15) is 0 Å². The molecule has 0 bridgehead atoms. The molecule has 1 aromatic carbocycles.